The zero-order valence-corrected chi connectivity index (χ0v) is 13.0. The lowest BCUT2D eigenvalue weighted by molar-refractivity contribution is 0.0601. The summed E-state index contributed by atoms with van der Waals surface area (Å²) in [5.74, 6) is -0.328. The lowest BCUT2D eigenvalue weighted by Gasteiger charge is -2.06. The molecule has 0 amide bonds. The second-order valence-corrected chi connectivity index (χ2v) is 5.41. The topological polar surface area (TPSA) is 70.1 Å². The van der Waals surface area contributed by atoms with Crippen LogP contribution in [0.1, 0.15) is 21.5 Å². The Hall–Kier alpha value is -2.66. The van der Waals surface area contributed by atoms with Crippen molar-refractivity contribution in [3.05, 3.63) is 65.6 Å². The van der Waals surface area contributed by atoms with Gasteiger partial charge < -0.3 is 15.0 Å². The smallest absolute Gasteiger partial charge is 0.337 e. The quantitative estimate of drug-likeness (QED) is 0.735. The summed E-state index contributed by atoms with van der Waals surface area (Å²) in [4.78, 5) is 15.9. The summed E-state index contributed by atoms with van der Waals surface area (Å²) in [5, 5.41) is 1.04. The lowest BCUT2D eigenvalue weighted by atomic mass is 10.1. The number of methoxy groups -OCH3 is 1. The molecule has 0 atom stereocenters. The molecule has 0 saturated heterocycles. The normalized spacial score (nSPS) is 10.9. The number of aromatic nitrogens is 2. The molecule has 5 nitrogen and oxygen atoms in total. The molecule has 0 aliphatic carbocycles. The fourth-order valence-electron chi connectivity index (χ4n) is 2.79. The Labute approximate surface area is 134 Å². The summed E-state index contributed by atoms with van der Waals surface area (Å²) in [7, 11) is 1.39. The molecule has 2 aromatic heterocycles. The molecule has 0 bridgehead atoms. The summed E-state index contributed by atoms with van der Waals surface area (Å²) in [6, 6.07) is 9.60. The largest absolute Gasteiger partial charge is 0.465 e. The Morgan fingerprint density at radius 2 is 2.22 bits per heavy atom. The molecule has 3 rings (SSSR count). The van der Waals surface area contributed by atoms with Crippen LogP contribution >= 0.6 is 0 Å². The van der Waals surface area contributed by atoms with Crippen molar-refractivity contribution in [1.82, 2.24) is 9.55 Å². The number of benzene rings is 1. The third-order valence-corrected chi connectivity index (χ3v) is 3.87. The van der Waals surface area contributed by atoms with E-state index in [9.17, 15) is 4.79 Å². The van der Waals surface area contributed by atoms with E-state index in [1.165, 1.54) is 7.11 Å². The first-order chi connectivity index (χ1) is 11.2. The Balaban J connectivity index is 2.06. The average Bonchev–Trinajstić information content (AvgIpc) is 2.92. The second kappa shape index (κ2) is 6.62. The van der Waals surface area contributed by atoms with Crippen molar-refractivity contribution in [2.24, 2.45) is 5.73 Å². The molecule has 23 heavy (non-hydrogen) atoms. The van der Waals surface area contributed by atoms with E-state index in [-0.39, 0.29) is 5.97 Å². The van der Waals surface area contributed by atoms with Gasteiger partial charge in [0.2, 0.25) is 0 Å². The van der Waals surface area contributed by atoms with Crippen LogP contribution in [0.5, 0.6) is 0 Å². The van der Waals surface area contributed by atoms with Crippen LogP contribution in [-0.2, 0) is 17.7 Å². The minimum atomic E-state index is -0.328. The highest BCUT2D eigenvalue weighted by Crippen LogP contribution is 2.24. The highest BCUT2D eigenvalue weighted by Gasteiger charge is 2.12. The summed E-state index contributed by atoms with van der Waals surface area (Å²) in [6.45, 7) is 1.29. The monoisotopic (exact) mass is 309 g/mol. The van der Waals surface area contributed by atoms with Crippen LogP contribution in [0.2, 0.25) is 0 Å². The van der Waals surface area contributed by atoms with Crippen molar-refractivity contribution in [3.8, 4) is 0 Å². The predicted molar refractivity (Wildman–Crippen MR) is 89.4 cm³/mol. The highest BCUT2D eigenvalue weighted by molar-refractivity contribution is 5.96. The number of nitrogens with two attached hydrogens (primary N) is 1. The van der Waals surface area contributed by atoms with Gasteiger partial charge in [0.25, 0.3) is 0 Å². The van der Waals surface area contributed by atoms with Crippen molar-refractivity contribution in [2.75, 3.05) is 13.7 Å². The van der Waals surface area contributed by atoms with Gasteiger partial charge in [-0.3, -0.25) is 4.98 Å². The first-order valence-electron chi connectivity index (χ1n) is 7.52. The van der Waals surface area contributed by atoms with Gasteiger partial charge in [-0.1, -0.05) is 6.07 Å². The molecule has 1 aromatic carbocycles. The number of ether oxygens (including phenoxy) is 1. The average molecular weight is 309 g/mol. The third-order valence-electron chi connectivity index (χ3n) is 3.87. The van der Waals surface area contributed by atoms with E-state index in [0.29, 0.717) is 12.1 Å². The molecule has 5 heteroatoms. The highest BCUT2D eigenvalue weighted by atomic mass is 16.5. The van der Waals surface area contributed by atoms with Crippen LogP contribution in [0.15, 0.2) is 48.9 Å². The van der Waals surface area contributed by atoms with Gasteiger partial charge in [-0.25, -0.2) is 4.79 Å². The van der Waals surface area contributed by atoms with Crippen molar-refractivity contribution in [1.29, 1.82) is 0 Å². The summed E-state index contributed by atoms with van der Waals surface area (Å²) >= 11 is 0. The van der Waals surface area contributed by atoms with Gasteiger partial charge in [0.15, 0.2) is 0 Å². The molecule has 0 radical (unpaired) electrons. The fourth-order valence-corrected chi connectivity index (χ4v) is 2.79. The predicted octanol–water partition coefficient (Wildman–Crippen LogP) is 2.37. The fraction of sp³-hybridized carbons (Fsp3) is 0.222. The minimum Gasteiger partial charge on any atom is -0.465 e. The van der Waals surface area contributed by atoms with Gasteiger partial charge in [-0.15, -0.1) is 0 Å². The second-order valence-electron chi connectivity index (χ2n) is 5.41. The lowest BCUT2D eigenvalue weighted by Crippen LogP contribution is -2.03. The number of carbonyl (C=O) groups excluding carboxylic acids is 1. The zero-order chi connectivity index (χ0) is 16.2. The molecular formula is C18H19N3O2. The van der Waals surface area contributed by atoms with Crippen LogP contribution in [0, 0.1) is 0 Å². The molecule has 0 unspecified atom stereocenters. The van der Waals surface area contributed by atoms with Gasteiger partial charge in [0.05, 0.1) is 12.7 Å². The molecule has 118 valence electrons. The van der Waals surface area contributed by atoms with Crippen LogP contribution in [0.4, 0.5) is 0 Å². The van der Waals surface area contributed by atoms with E-state index in [1.807, 2.05) is 30.5 Å². The number of carbonyl (C=O) groups is 1. The maximum Gasteiger partial charge on any atom is 0.337 e. The molecule has 2 heterocycles. The number of esters is 1. The van der Waals surface area contributed by atoms with Gasteiger partial charge in [-0.05, 0) is 48.4 Å². The number of hydrogen-bond donors (Lipinski definition) is 1. The van der Waals surface area contributed by atoms with E-state index in [2.05, 4.69) is 15.7 Å². The molecule has 0 aliphatic heterocycles. The summed E-state index contributed by atoms with van der Waals surface area (Å²) < 4.78 is 6.97. The van der Waals surface area contributed by atoms with Crippen molar-refractivity contribution in [3.63, 3.8) is 0 Å². The maximum absolute atomic E-state index is 11.8. The van der Waals surface area contributed by atoms with E-state index >= 15 is 0 Å². The number of hydrogen-bond acceptors (Lipinski definition) is 4. The van der Waals surface area contributed by atoms with Crippen LogP contribution in [0.3, 0.4) is 0 Å². The molecule has 2 N–H and O–H groups in total. The van der Waals surface area contributed by atoms with E-state index < -0.39 is 0 Å². The molecule has 0 saturated carbocycles. The SMILES string of the molecule is COC(=O)c1ccc2c(c1)c(CCN)cn2Cc1cccnc1. The maximum atomic E-state index is 11.8. The van der Waals surface area contributed by atoms with Crippen LogP contribution in [-0.4, -0.2) is 29.2 Å². The van der Waals surface area contributed by atoms with Crippen LogP contribution in [0.25, 0.3) is 10.9 Å². The first-order valence-corrected chi connectivity index (χ1v) is 7.52. The van der Waals surface area contributed by atoms with Crippen molar-refractivity contribution < 1.29 is 9.53 Å². The standard InChI is InChI=1S/C18H19N3O2/c1-23-18(22)14-4-5-17-16(9-14)15(6-7-19)12-21(17)11-13-3-2-8-20-10-13/h2-5,8-10,12H,6-7,11,19H2,1H3. The Kier molecular flexibility index (Phi) is 4.39. The minimum absolute atomic E-state index is 0.328. The van der Waals surface area contributed by atoms with Gasteiger partial charge in [0.1, 0.15) is 0 Å². The zero-order valence-electron chi connectivity index (χ0n) is 13.0. The van der Waals surface area contributed by atoms with Crippen LogP contribution < -0.4 is 5.73 Å². The Morgan fingerprint density at radius 1 is 1.35 bits per heavy atom. The molecular weight excluding hydrogens is 290 g/mol. The molecule has 0 fully saturated rings. The third kappa shape index (κ3) is 3.10. The number of rotatable bonds is 5. The molecule has 0 aliphatic rings. The summed E-state index contributed by atoms with van der Waals surface area (Å²) in [6.07, 6.45) is 6.49. The first kappa shape index (κ1) is 15.2. The Morgan fingerprint density at radius 3 is 2.91 bits per heavy atom. The Bertz CT molecular complexity index is 825. The van der Waals surface area contributed by atoms with Gasteiger partial charge in [0, 0.05) is 36.0 Å². The van der Waals surface area contributed by atoms with E-state index in [1.54, 1.807) is 12.3 Å². The van der Waals surface area contributed by atoms with E-state index in [4.69, 9.17) is 10.5 Å². The van der Waals surface area contributed by atoms with Crippen molar-refractivity contribution in [2.45, 2.75) is 13.0 Å². The number of pyridine rings is 1. The number of nitrogens with zero attached hydrogens (tertiary/aromatic N) is 2. The van der Waals surface area contributed by atoms with Gasteiger partial charge >= 0.3 is 5.97 Å². The van der Waals surface area contributed by atoms with Crippen molar-refractivity contribution >= 4 is 16.9 Å². The molecule has 3 aromatic rings. The van der Waals surface area contributed by atoms with Gasteiger partial charge in [-0.2, -0.15) is 0 Å². The van der Waals surface area contributed by atoms with E-state index in [0.717, 1.165) is 35.0 Å². The molecule has 0 spiro atoms. The summed E-state index contributed by atoms with van der Waals surface area (Å²) in [5.41, 5.74) is 9.62. The number of fused-ring (bicyclic) bond motifs is 1.